The summed E-state index contributed by atoms with van der Waals surface area (Å²) >= 11 is 3.28. The van der Waals surface area contributed by atoms with E-state index in [-0.39, 0.29) is 24.8 Å². The van der Waals surface area contributed by atoms with Crippen molar-refractivity contribution in [3.05, 3.63) is 69.7 Å². The highest BCUT2D eigenvalue weighted by molar-refractivity contribution is 9.10. The molecule has 0 saturated heterocycles. The van der Waals surface area contributed by atoms with Crippen LogP contribution in [0.2, 0.25) is 0 Å². The normalized spacial score (nSPS) is 11.1. The van der Waals surface area contributed by atoms with Gasteiger partial charge in [0.1, 0.15) is 0 Å². The van der Waals surface area contributed by atoms with Crippen LogP contribution in [0.5, 0.6) is 0 Å². The van der Waals surface area contributed by atoms with Gasteiger partial charge in [-0.05, 0) is 48.4 Å². The molecule has 2 rings (SSSR count). The maximum Gasteiger partial charge on any atom is 0.416 e. The number of rotatable bonds is 7. The van der Waals surface area contributed by atoms with Gasteiger partial charge in [0.25, 0.3) is 5.91 Å². The highest BCUT2D eigenvalue weighted by atomic mass is 79.9. The minimum atomic E-state index is -4.35. The van der Waals surface area contributed by atoms with Crippen LogP contribution < -0.4 is 10.6 Å². The Morgan fingerprint density at radius 2 is 1.52 bits per heavy atom. The SMILES string of the molecule is O=C(CCNC(=O)c1ccc(Br)cc1)NCCc1ccc(C(F)(F)F)cc1. The number of benzene rings is 2. The molecular weight excluding hydrogens is 425 g/mol. The summed E-state index contributed by atoms with van der Waals surface area (Å²) in [4.78, 5) is 23.7. The van der Waals surface area contributed by atoms with Crippen LogP contribution in [-0.2, 0) is 17.4 Å². The third-order valence-corrected chi connectivity index (χ3v) is 4.29. The lowest BCUT2D eigenvalue weighted by Crippen LogP contribution is -2.31. The van der Waals surface area contributed by atoms with Gasteiger partial charge in [0.2, 0.25) is 5.91 Å². The summed E-state index contributed by atoms with van der Waals surface area (Å²) in [5, 5.41) is 5.33. The number of alkyl halides is 3. The van der Waals surface area contributed by atoms with Gasteiger partial charge in [-0.1, -0.05) is 28.1 Å². The number of carbonyl (C=O) groups is 2. The summed E-state index contributed by atoms with van der Waals surface area (Å²) in [7, 11) is 0. The van der Waals surface area contributed by atoms with Crippen molar-refractivity contribution in [3.8, 4) is 0 Å². The number of carbonyl (C=O) groups excluding carboxylic acids is 2. The average molecular weight is 443 g/mol. The van der Waals surface area contributed by atoms with E-state index in [1.54, 1.807) is 24.3 Å². The van der Waals surface area contributed by atoms with Crippen LogP contribution in [0.1, 0.15) is 27.9 Å². The topological polar surface area (TPSA) is 58.2 Å². The molecule has 0 fully saturated rings. The van der Waals surface area contributed by atoms with Crippen molar-refractivity contribution in [1.82, 2.24) is 10.6 Å². The molecule has 2 amide bonds. The monoisotopic (exact) mass is 442 g/mol. The van der Waals surface area contributed by atoms with E-state index in [1.807, 2.05) is 0 Å². The van der Waals surface area contributed by atoms with Crippen molar-refractivity contribution in [2.45, 2.75) is 19.0 Å². The van der Waals surface area contributed by atoms with Crippen molar-refractivity contribution in [2.24, 2.45) is 0 Å². The lowest BCUT2D eigenvalue weighted by molar-refractivity contribution is -0.137. The Hall–Kier alpha value is -2.35. The molecule has 0 aromatic heterocycles. The second kappa shape index (κ2) is 9.55. The van der Waals surface area contributed by atoms with Gasteiger partial charge in [0.15, 0.2) is 0 Å². The fourth-order valence-electron chi connectivity index (χ4n) is 2.29. The Morgan fingerprint density at radius 1 is 0.889 bits per heavy atom. The van der Waals surface area contributed by atoms with E-state index in [2.05, 4.69) is 26.6 Å². The minimum absolute atomic E-state index is 0.120. The molecule has 2 aromatic rings. The highest BCUT2D eigenvalue weighted by Gasteiger charge is 2.29. The molecule has 0 atom stereocenters. The van der Waals surface area contributed by atoms with Crippen LogP contribution in [0, 0.1) is 0 Å². The second-order valence-corrected chi connectivity index (χ2v) is 6.72. The van der Waals surface area contributed by atoms with Crippen molar-refractivity contribution >= 4 is 27.7 Å². The number of hydrogen-bond acceptors (Lipinski definition) is 2. The van der Waals surface area contributed by atoms with Crippen LogP contribution in [-0.4, -0.2) is 24.9 Å². The molecule has 4 nitrogen and oxygen atoms in total. The maximum atomic E-state index is 12.5. The summed E-state index contributed by atoms with van der Waals surface area (Å²) in [6, 6.07) is 11.7. The number of amides is 2. The summed E-state index contributed by atoms with van der Waals surface area (Å²) < 4.78 is 38.3. The molecule has 2 aromatic carbocycles. The van der Waals surface area contributed by atoms with Crippen molar-refractivity contribution < 1.29 is 22.8 Å². The minimum Gasteiger partial charge on any atom is -0.356 e. The zero-order valence-electron chi connectivity index (χ0n) is 14.3. The third kappa shape index (κ3) is 7.05. The van der Waals surface area contributed by atoms with Gasteiger partial charge in [0.05, 0.1) is 5.56 Å². The first-order chi connectivity index (χ1) is 12.8. The lowest BCUT2D eigenvalue weighted by atomic mass is 10.1. The summed E-state index contributed by atoms with van der Waals surface area (Å²) in [5.41, 5.74) is 0.504. The van der Waals surface area contributed by atoms with Crippen molar-refractivity contribution in [1.29, 1.82) is 0 Å². The van der Waals surface area contributed by atoms with Crippen LogP contribution in [0.25, 0.3) is 0 Å². The average Bonchev–Trinajstić information content (AvgIpc) is 2.62. The van der Waals surface area contributed by atoms with E-state index in [0.717, 1.165) is 16.6 Å². The molecule has 0 radical (unpaired) electrons. The molecule has 2 N–H and O–H groups in total. The quantitative estimate of drug-likeness (QED) is 0.681. The largest absolute Gasteiger partial charge is 0.416 e. The first-order valence-electron chi connectivity index (χ1n) is 8.22. The Balaban J connectivity index is 1.66. The van der Waals surface area contributed by atoms with Crippen LogP contribution in [0.4, 0.5) is 13.2 Å². The molecule has 144 valence electrons. The molecule has 0 unspecified atom stereocenters. The number of nitrogens with one attached hydrogen (secondary N) is 2. The highest BCUT2D eigenvalue weighted by Crippen LogP contribution is 2.29. The van der Waals surface area contributed by atoms with Gasteiger partial charge in [-0.15, -0.1) is 0 Å². The second-order valence-electron chi connectivity index (χ2n) is 5.81. The Morgan fingerprint density at radius 3 is 2.11 bits per heavy atom. The van der Waals surface area contributed by atoms with Gasteiger partial charge < -0.3 is 10.6 Å². The van der Waals surface area contributed by atoms with Gasteiger partial charge in [-0.25, -0.2) is 0 Å². The van der Waals surface area contributed by atoms with Crippen LogP contribution in [0.3, 0.4) is 0 Å². The molecule has 0 saturated carbocycles. The van der Waals surface area contributed by atoms with Gasteiger partial charge >= 0.3 is 6.18 Å². The summed E-state index contributed by atoms with van der Waals surface area (Å²) in [6.07, 6.45) is -3.81. The van der Waals surface area contributed by atoms with E-state index in [4.69, 9.17) is 0 Å². The molecule has 27 heavy (non-hydrogen) atoms. The lowest BCUT2D eigenvalue weighted by Gasteiger charge is -2.09. The van der Waals surface area contributed by atoms with E-state index in [1.165, 1.54) is 12.1 Å². The predicted octanol–water partition coefficient (Wildman–Crippen LogP) is 3.95. The van der Waals surface area contributed by atoms with Crippen molar-refractivity contribution in [2.75, 3.05) is 13.1 Å². The van der Waals surface area contributed by atoms with Gasteiger partial charge in [0, 0.05) is 29.5 Å². The molecule has 0 aliphatic rings. The molecule has 0 aliphatic carbocycles. The number of halogens is 4. The fourth-order valence-corrected chi connectivity index (χ4v) is 2.55. The molecule has 0 heterocycles. The summed E-state index contributed by atoms with van der Waals surface area (Å²) in [5.74, 6) is -0.502. The van der Waals surface area contributed by atoms with E-state index >= 15 is 0 Å². The zero-order valence-corrected chi connectivity index (χ0v) is 15.9. The van der Waals surface area contributed by atoms with Gasteiger partial charge in [-0.2, -0.15) is 13.2 Å². The molecule has 8 heteroatoms. The Bertz CT molecular complexity index is 775. The summed E-state index contributed by atoms with van der Waals surface area (Å²) in [6.45, 7) is 0.506. The molecule has 0 spiro atoms. The Kier molecular flexibility index (Phi) is 7.41. The van der Waals surface area contributed by atoms with E-state index < -0.39 is 11.7 Å². The smallest absolute Gasteiger partial charge is 0.356 e. The van der Waals surface area contributed by atoms with Crippen LogP contribution in [0.15, 0.2) is 53.0 Å². The zero-order chi connectivity index (χ0) is 19.9. The first-order valence-corrected chi connectivity index (χ1v) is 9.01. The first kappa shape index (κ1) is 21.0. The molecule has 0 aliphatic heterocycles. The maximum absolute atomic E-state index is 12.5. The standard InChI is InChI=1S/C19H18BrF3N2O2/c20-16-7-3-14(4-8-16)18(27)25-12-10-17(26)24-11-9-13-1-5-15(6-2-13)19(21,22)23/h1-8H,9-12H2,(H,24,26)(H,25,27). The predicted molar refractivity (Wildman–Crippen MR) is 99.2 cm³/mol. The Labute approximate surface area is 163 Å². The van der Waals surface area contributed by atoms with E-state index in [9.17, 15) is 22.8 Å². The molecular formula is C19H18BrF3N2O2. The number of hydrogen-bond donors (Lipinski definition) is 2. The van der Waals surface area contributed by atoms with Gasteiger partial charge in [-0.3, -0.25) is 9.59 Å². The van der Waals surface area contributed by atoms with Crippen LogP contribution >= 0.6 is 15.9 Å². The third-order valence-electron chi connectivity index (χ3n) is 3.76. The molecule has 0 bridgehead atoms. The fraction of sp³-hybridized carbons (Fsp3) is 0.263. The van der Waals surface area contributed by atoms with E-state index in [0.29, 0.717) is 24.1 Å². The van der Waals surface area contributed by atoms with Crippen molar-refractivity contribution in [3.63, 3.8) is 0 Å².